The molecule has 0 aliphatic heterocycles. The zero-order chi connectivity index (χ0) is 18.5. The number of hydrogen-bond acceptors (Lipinski definition) is 4. The molecule has 26 heavy (non-hydrogen) atoms. The van der Waals surface area contributed by atoms with E-state index in [-0.39, 0.29) is 11.9 Å². The van der Waals surface area contributed by atoms with Gasteiger partial charge in [-0.25, -0.2) is 4.98 Å². The Balaban J connectivity index is 1.96. The van der Waals surface area contributed by atoms with E-state index < -0.39 is 0 Å². The van der Waals surface area contributed by atoms with Crippen LogP contribution in [0.1, 0.15) is 30.6 Å². The second-order valence-electron chi connectivity index (χ2n) is 6.21. The fourth-order valence-corrected chi connectivity index (χ4v) is 2.65. The van der Waals surface area contributed by atoms with E-state index >= 15 is 0 Å². The van der Waals surface area contributed by atoms with Gasteiger partial charge in [0.1, 0.15) is 11.6 Å². The molecule has 0 saturated heterocycles. The number of carbonyl (C=O) groups is 1. The van der Waals surface area contributed by atoms with Crippen molar-refractivity contribution in [2.24, 2.45) is 0 Å². The number of ether oxygens (including phenoxy) is 1. The van der Waals surface area contributed by atoms with Crippen LogP contribution in [0.25, 0.3) is 10.9 Å². The first-order valence-electron chi connectivity index (χ1n) is 8.72. The number of amides is 1. The number of hydrogen-bond donors (Lipinski definition) is 2. The number of aromatic nitrogens is 1. The lowest BCUT2D eigenvalue weighted by Crippen LogP contribution is -2.32. The molecule has 0 bridgehead atoms. The van der Waals surface area contributed by atoms with Crippen LogP contribution in [0, 0.1) is 0 Å². The highest BCUT2D eigenvalue weighted by atomic mass is 16.5. The summed E-state index contributed by atoms with van der Waals surface area (Å²) in [6.45, 7) is 4.05. The number of carbonyl (C=O) groups excluding carboxylic acids is 1. The molecule has 1 atom stereocenters. The molecular weight excluding hydrogens is 326 g/mol. The molecule has 3 aromatic rings. The molecule has 1 aromatic heterocycles. The topological polar surface area (TPSA) is 63.2 Å². The van der Waals surface area contributed by atoms with Crippen LogP contribution in [0.2, 0.25) is 0 Å². The smallest absolute Gasteiger partial charge is 0.252 e. The first-order valence-corrected chi connectivity index (χ1v) is 8.72. The second-order valence-corrected chi connectivity index (χ2v) is 6.21. The molecule has 1 amide bonds. The molecule has 0 aliphatic carbocycles. The zero-order valence-corrected chi connectivity index (χ0v) is 15.2. The Morgan fingerprint density at radius 2 is 1.88 bits per heavy atom. The highest BCUT2D eigenvalue weighted by Crippen LogP contribution is 2.24. The fraction of sp³-hybridized carbons (Fsp3) is 0.238. The van der Waals surface area contributed by atoms with Gasteiger partial charge in [0.05, 0.1) is 18.2 Å². The highest BCUT2D eigenvalue weighted by Gasteiger charge is 2.14. The van der Waals surface area contributed by atoms with Crippen LogP contribution in [0.15, 0.2) is 54.6 Å². The van der Waals surface area contributed by atoms with Crippen molar-refractivity contribution < 1.29 is 9.53 Å². The van der Waals surface area contributed by atoms with Gasteiger partial charge in [0, 0.05) is 17.1 Å². The highest BCUT2D eigenvalue weighted by molar-refractivity contribution is 6.07. The minimum absolute atomic E-state index is 0.0873. The van der Waals surface area contributed by atoms with E-state index in [4.69, 9.17) is 4.74 Å². The zero-order valence-electron chi connectivity index (χ0n) is 15.2. The maximum absolute atomic E-state index is 12.7. The van der Waals surface area contributed by atoms with Crippen molar-refractivity contribution in [2.75, 3.05) is 12.4 Å². The summed E-state index contributed by atoms with van der Waals surface area (Å²) in [5, 5.41) is 7.14. The van der Waals surface area contributed by atoms with Crippen molar-refractivity contribution in [3.8, 4) is 5.75 Å². The standard InChI is InChI=1S/C21H23N3O2/c1-4-14(2)22-21(25)18-13-20(24-19-8-6-5-7-17(18)19)23-15-9-11-16(26-3)12-10-15/h5-14H,4H2,1-3H3,(H,22,25)(H,23,24). The van der Waals surface area contributed by atoms with Gasteiger partial charge in [-0.2, -0.15) is 0 Å². The average Bonchev–Trinajstić information content (AvgIpc) is 2.67. The summed E-state index contributed by atoms with van der Waals surface area (Å²) in [5.74, 6) is 1.33. The van der Waals surface area contributed by atoms with Crippen molar-refractivity contribution in [1.29, 1.82) is 0 Å². The average molecular weight is 349 g/mol. The van der Waals surface area contributed by atoms with Gasteiger partial charge in [-0.05, 0) is 49.7 Å². The molecule has 134 valence electrons. The van der Waals surface area contributed by atoms with Crippen LogP contribution in [0.3, 0.4) is 0 Å². The van der Waals surface area contributed by atoms with E-state index in [0.29, 0.717) is 11.4 Å². The van der Waals surface area contributed by atoms with Gasteiger partial charge in [-0.3, -0.25) is 4.79 Å². The third-order valence-corrected chi connectivity index (χ3v) is 4.31. The lowest BCUT2D eigenvalue weighted by Gasteiger charge is -2.14. The van der Waals surface area contributed by atoms with E-state index in [2.05, 4.69) is 15.6 Å². The van der Waals surface area contributed by atoms with E-state index in [0.717, 1.165) is 28.8 Å². The van der Waals surface area contributed by atoms with Gasteiger partial charge >= 0.3 is 0 Å². The minimum Gasteiger partial charge on any atom is -0.497 e. The maximum atomic E-state index is 12.7. The Morgan fingerprint density at radius 3 is 2.58 bits per heavy atom. The van der Waals surface area contributed by atoms with Crippen molar-refractivity contribution >= 4 is 28.3 Å². The van der Waals surface area contributed by atoms with Gasteiger partial charge in [0.2, 0.25) is 0 Å². The van der Waals surface area contributed by atoms with E-state index in [9.17, 15) is 4.79 Å². The van der Waals surface area contributed by atoms with Crippen LogP contribution in [-0.2, 0) is 0 Å². The molecule has 3 rings (SSSR count). The molecule has 0 saturated carbocycles. The number of benzene rings is 2. The second kappa shape index (κ2) is 7.87. The van der Waals surface area contributed by atoms with Gasteiger partial charge < -0.3 is 15.4 Å². The summed E-state index contributed by atoms with van der Waals surface area (Å²) in [6.07, 6.45) is 0.881. The predicted octanol–water partition coefficient (Wildman–Crippen LogP) is 4.52. The maximum Gasteiger partial charge on any atom is 0.252 e. The third kappa shape index (κ3) is 3.94. The Labute approximate surface area is 153 Å². The SMILES string of the molecule is CCC(C)NC(=O)c1cc(Nc2ccc(OC)cc2)nc2ccccc12. The lowest BCUT2D eigenvalue weighted by atomic mass is 10.1. The van der Waals surface area contributed by atoms with Crippen LogP contribution in [-0.4, -0.2) is 24.0 Å². The normalized spacial score (nSPS) is 11.8. The number of nitrogens with one attached hydrogen (secondary N) is 2. The van der Waals surface area contributed by atoms with Gasteiger partial charge in [0.15, 0.2) is 0 Å². The molecular formula is C21H23N3O2. The minimum atomic E-state index is -0.0873. The quantitative estimate of drug-likeness (QED) is 0.687. The number of anilines is 2. The van der Waals surface area contributed by atoms with Crippen LogP contribution >= 0.6 is 0 Å². The molecule has 0 fully saturated rings. The summed E-state index contributed by atoms with van der Waals surface area (Å²) >= 11 is 0. The molecule has 2 N–H and O–H groups in total. The monoisotopic (exact) mass is 349 g/mol. The Bertz CT molecular complexity index is 907. The molecule has 1 heterocycles. The number of fused-ring (bicyclic) bond motifs is 1. The Kier molecular flexibility index (Phi) is 5.37. The number of rotatable bonds is 6. The molecule has 5 nitrogen and oxygen atoms in total. The summed E-state index contributed by atoms with van der Waals surface area (Å²) in [4.78, 5) is 17.4. The summed E-state index contributed by atoms with van der Waals surface area (Å²) in [6, 6.07) is 17.2. The summed E-state index contributed by atoms with van der Waals surface area (Å²) in [7, 11) is 1.63. The number of methoxy groups -OCH3 is 1. The Morgan fingerprint density at radius 1 is 1.15 bits per heavy atom. The first-order chi connectivity index (χ1) is 12.6. The van der Waals surface area contributed by atoms with Gasteiger partial charge in [-0.15, -0.1) is 0 Å². The third-order valence-electron chi connectivity index (χ3n) is 4.31. The van der Waals surface area contributed by atoms with E-state index in [1.807, 2.05) is 62.4 Å². The molecule has 0 radical (unpaired) electrons. The predicted molar refractivity (Wildman–Crippen MR) is 105 cm³/mol. The first kappa shape index (κ1) is 17.7. The van der Waals surface area contributed by atoms with Crippen molar-refractivity contribution in [1.82, 2.24) is 10.3 Å². The molecule has 1 unspecified atom stereocenters. The van der Waals surface area contributed by atoms with E-state index in [1.54, 1.807) is 13.2 Å². The molecule has 5 heteroatoms. The summed E-state index contributed by atoms with van der Waals surface area (Å²) in [5.41, 5.74) is 2.27. The van der Waals surface area contributed by atoms with Crippen molar-refractivity contribution in [3.63, 3.8) is 0 Å². The molecule has 0 aliphatic rings. The molecule has 0 spiro atoms. The number of para-hydroxylation sites is 1. The van der Waals surface area contributed by atoms with E-state index in [1.165, 1.54) is 0 Å². The fourth-order valence-electron chi connectivity index (χ4n) is 2.65. The number of nitrogens with zero attached hydrogens (tertiary/aromatic N) is 1. The van der Waals surface area contributed by atoms with Crippen molar-refractivity contribution in [2.45, 2.75) is 26.3 Å². The van der Waals surface area contributed by atoms with Crippen LogP contribution in [0.4, 0.5) is 11.5 Å². The van der Waals surface area contributed by atoms with Gasteiger partial charge in [-0.1, -0.05) is 25.1 Å². The van der Waals surface area contributed by atoms with Crippen molar-refractivity contribution in [3.05, 3.63) is 60.2 Å². The lowest BCUT2D eigenvalue weighted by molar-refractivity contribution is 0.0941. The number of pyridine rings is 1. The van der Waals surface area contributed by atoms with Gasteiger partial charge in [0.25, 0.3) is 5.91 Å². The summed E-state index contributed by atoms with van der Waals surface area (Å²) < 4.78 is 5.18. The largest absolute Gasteiger partial charge is 0.497 e. The Hall–Kier alpha value is -3.08. The van der Waals surface area contributed by atoms with Crippen LogP contribution in [0.5, 0.6) is 5.75 Å². The van der Waals surface area contributed by atoms with Crippen LogP contribution < -0.4 is 15.4 Å². The molecule has 2 aromatic carbocycles.